The van der Waals surface area contributed by atoms with E-state index < -0.39 is 9.05 Å². The molecule has 0 spiro atoms. The van der Waals surface area contributed by atoms with Crippen molar-refractivity contribution in [2.75, 3.05) is 12.4 Å². The molecular weight excluding hydrogens is 188 g/mol. The third kappa shape index (κ3) is 7.84. The highest BCUT2D eigenvalue weighted by molar-refractivity contribution is 8.13. The van der Waals surface area contributed by atoms with Gasteiger partial charge in [0.05, 0.1) is 5.75 Å². The fourth-order valence-electron chi connectivity index (χ4n) is 0.645. The molecule has 11 heavy (non-hydrogen) atoms. The molecule has 66 valence electrons. The first kappa shape index (κ1) is 10.9. The summed E-state index contributed by atoms with van der Waals surface area (Å²) >= 11 is 0. The minimum Gasteiger partial charge on any atom is -0.396 e. The first-order valence-corrected chi connectivity index (χ1v) is 5.63. The highest BCUT2D eigenvalue weighted by Crippen LogP contribution is 2.08. The molecule has 0 amide bonds. The van der Waals surface area contributed by atoms with E-state index in [4.69, 9.17) is 15.8 Å². The van der Waals surface area contributed by atoms with Crippen molar-refractivity contribution in [3.63, 3.8) is 0 Å². The van der Waals surface area contributed by atoms with Crippen LogP contribution in [-0.4, -0.2) is 25.9 Å². The summed E-state index contributed by atoms with van der Waals surface area (Å²) in [5.74, 6) is -0.200. The molecule has 0 aromatic heterocycles. The minimum atomic E-state index is -3.46. The molecule has 0 fully saturated rings. The van der Waals surface area contributed by atoms with Crippen molar-refractivity contribution in [3.8, 4) is 0 Å². The van der Waals surface area contributed by atoms with E-state index in [1.807, 2.05) is 0 Å². The first-order valence-electron chi connectivity index (χ1n) is 3.15. The van der Waals surface area contributed by atoms with Crippen LogP contribution in [0.4, 0.5) is 0 Å². The Kier molecular flexibility index (Phi) is 4.72. The Bertz CT molecular complexity index is 220. The fraction of sp³-hybridized carbons (Fsp3) is 0.667. The molecule has 0 aliphatic rings. The lowest BCUT2D eigenvalue weighted by molar-refractivity contribution is 0.288. The predicted molar refractivity (Wildman–Crippen MR) is 45.1 cm³/mol. The average molecular weight is 199 g/mol. The summed E-state index contributed by atoms with van der Waals surface area (Å²) in [6, 6.07) is 0. The van der Waals surface area contributed by atoms with Gasteiger partial charge in [0.15, 0.2) is 0 Å². The molecule has 5 heteroatoms. The maximum Gasteiger partial charge on any atom is 0.236 e. The summed E-state index contributed by atoms with van der Waals surface area (Å²) in [5.41, 5.74) is 0.536. The second-order valence-corrected chi connectivity index (χ2v) is 5.04. The van der Waals surface area contributed by atoms with Crippen LogP contribution >= 0.6 is 10.7 Å². The van der Waals surface area contributed by atoms with Gasteiger partial charge in [-0.2, -0.15) is 0 Å². The molecule has 1 N–H and O–H groups in total. The lowest BCUT2D eigenvalue weighted by Crippen LogP contribution is -2.00. The third-order valence-corrected chi connectivity index (χ3v) is 2.15. The second-order valence-electron chi connectivity index (χ2n) is 2.26. The van der Waals surface area contributed by atoms with E-state index in [-0.39, 0.29) is 12.4 Å². The molecule has 0 aliphatic carbocycles. The first-order chi connectivity index (χ1) is 4.95. The van der Waals surface area contributed by atoms with Gasteiger partial charge in [0, 0.05) is 17.3 Å². The van der Waals surface area contributed by atoms with Crippen molar-refractivity contribution < 1.29 is 13.5 Å². The maximum atomic E-state index is 10.4. The van der Waals surface area contributed by atoms with Crippen LogP contribution < -0.4 is 0 Å². The number of aliphatic hydroxyl groups excluding tert-OH is 1. The smallest absolute Gasteiger partial charge is 0.236 e. The SMILES string of the molecule is C=C(CCCO)CS(=O)(=O)Cl. The van der Waals surface area contributed by atoms with Crippen LogP contribution in [-0.2, 0) is 9.05 Å². The van der Waals surface area contributed by atoms with E-state index in [2.05, 4.69) is 6.58 Å². The van der Waals surface area contributed by atoms with Crippen LogP contribution in [0.2, 0.25) is 0 Å². The standard InChI is InChI=1S/C6H11ClO3S/c1-6(3-2-4-8)5-11(7,9)10/h8H,1-5H2. The van der Waals surface area contributed by atoms with Gasteiger partial charge in [-0.15, -0.1) is 0 Å². The Hall–Kier alpha value is -0.0600. The number of rotatable bonds is 5. The summed E-state index contributed by atoms with van der Waals surface area (Å²) < 4.78 is 20.9. The van der Waals surface area contributed by atoms with Crippen molar-refractivity contribution in [1.82, 2.24) is 0 Å². The number of aliphatic hydroxyl groups is 1. The van der Waals surface area contributed by atoms with E-state index in [1.54, 1.807) is 0 Å². The number of hydrogen-bond donors (Lipinski definition) is 1. The van der Waals surface area contributed by atoms with E-state index in [0.29, 0.717) is 18.4 Å². The van der Waals surface area contributed by atoms with Gasteiger partial charge in [-0.25, -0.2) is 8.42 Å². The molecule has 0 aromatic carbocycles. The Labute approximate surface area is 71.1 Å². The summed E-state index contributed by atoms with van der Waals surface area (Å²) in [6.45, 7) is 3.55. The van der Waals surface area contributed by atoms with Gasteiger partial charge < -0.3 is 5.11 Å². The number of hydrogen-bond acceptors (Lipinski definition) is 3. The lowest BCUT2D eigenvalue weighted by Gasteiger charge is -1.99. The van der Waals surface area contributed by atoms with E-state index in [9.17, 15) is 8.42 Å². The van der Waals surface area contributed by atoms with Gasteiger partial charge in [-0.1, -0.05) is 12.2 Å². The van der Waals surface area contributed by atoms with Crippen LogP contribution in [0.25, 0.3) is 0 Å². The van der Waals surface area contributed by atoms with E-state index in [1.165, 1.54) is 0 Å². The Balaban J connectivity index is 3.71. The molecule has 0 radical (unpaired) electrons. The van der Waals surface area contributed by atoms with Crippen molar-refractivity contribution in [2.24, 2.45) is 0 Å². The zero-order valence-electron chi connectivity index (χ0n) is 6.09. The summed E-state index contributed by atoms with van der Waals surface area (Å²) in [7, 11) is 1.49. The molecule has 0 saturated heterocycles. The molecule has 0 bridgehead atoms. The Morgan fingerprint density at radius 1 is 1.55 bits per heavy atom. The van der Waals surface area contributed by atoms with Crippen molar-refractivity contribution in [1.29, 1.82) is 0 Å². The van der Waals surface area contributed by atoms with Gasteiger partial charge in [0.1, 0.15) is 0 Å². The highest BCUT2D eigenvalue weighted by Gasteiger charge is 2.06. The molecule has 0 rings (SSSR count). The van der Waals surface area contributed by atoms with Crippen LogP contribution in [0.1, 0.15) is 12.8 Å². The van der Waals surface area contributed by atoms with Gasteiger partial charge in [0.25, 0.3) is 0 Å². The van der Waals surface area contributed by atoms with Crippen molar-refractivity contribution >= 4 is 19.7 Å². The fourth-order valence-corrected chi connectivity index (χ4v) is 1.74. The van der Waals surface area contributed by atoms with E-state index >= 15 is 0 Å². The predicted octanol–water partition coefficient (Wildman–Crippen LogP) is 0.884. The number of halogens is 1. The van der Waals surface area contributed by atoms with Gasteiger partial charge in [-0.3, -0.25) is 0 Å². The van der Waals surface area contributed by atoms with Crippen LogP contribution in [0.3, 0.4) is 0 Å². The largest absolute Gasteiger partial charge is 0.396 e. The van der Waals surface area contributed by atoms with E-state index in [0.717, 1.165) is 0 Å². The molecule has 0 aliphatic heterocycles. The van der Waals surface area contributed by atoms with Gasteiger partial charge >= 0.3 is 0 Å². The zero-order valence-corrected chi connectivity index (χ0v) is 7.66. The monoisotopic (exact) mass is 198 g/mol. The molecule has 3 nitrogen and oxygen atoms in total. The summed E-state index contributed by atoms with van der Waals surface area (Å²) in [5, 5.41) is 8.39. The normalized spacial score (nSPS) is 11.5. The maximum absolute atomic E-state index is 10.4. The van der Waals surface area contributed by atoms with Crippen molar-refractivity contribution in [3.05, 3.63) is 12.2 Å². The van der Waals surface area contributed by atoms with Crippen LogP contribution in [0, 0.1) is 0 Å². The van der Waals surface area contributed by atoms with Gasteiger partial charge in [0.2, 0.25) is 9.05 Å². The quantitative estimate of drug-likeness (QED) is 0.527. The van der Waals surface area contributed by atoms with Crippen LogP contribution in [0.15, 0.2) is 12.2 Å². The average Bonchev–Trinajstić information content (AvgIpc) is 1.79. The topological polar surface area (TPSA) is 54.4 Å². The second kappa shape index (κ2) is 4.74. The van der Waals surface area contributed by atoms with Crippen molar-refractivity contribution in [2.45, 2.75) is 12.8 Å². The Morgan fingerprint density at radius 2 is 2.09 bits per heavy atom. The Morgan fingerprint density at radius 3 is 2.45 bits per heavy atom. The lowest BCUT2D eigenvalue weighted by atomic mass is 10.2. The summed E-state index contributed by atoms with van der Waals surface area (Å²) in [4.78, 5) is 0. The molecule has 0 aromatic rings. The van der Waals surface area contributed by atoms with Gasteiger partial charge in [-0.05, 0) is 12.8 Å². The molecule has 0 atom stereocenters. The highest BCUT2D eigenvalue weighted by atomic mass is 35.7. The van der Waals surface area contributed by atoms with Crippen LogP contribution in [0.5, 0.6) is 0 Å². The molecular formula is C6H11ClO3S. The molecule has 0 unspecified atom stereocenters. The third-order valence-electron chi connectivity index (χ3n) is 1.06. The minimum absolute atomic E-state index is 0.0430. The summed E-state index contributed by atoms with van der Waals surface area (Å²) in [6.07, 6.45) is 1.04. The molecule has 0 saturated carbocycles. The zero-order chi connectivity index (χ0) is 8.91. The molecule has 0 heterocycles.